The van der Waals surface area contributed by atoms with Gasteiger partial charge >= 0.3 is 5.69 Å². The molecule has 100 valence electrons. The Bertz CT molecular complexity index is 449. The largest absolute Gasteiger partial charge is 0.379 e. The molecule has 1 atom stereocenters. The fourth-order valence-corrected chi connectivity index (χ4v) is 2.11. The van der Waals surface area contributed by atoms with E-state index in [1.165, 1.54) is 0 Å². The molecule has 0 amide bonds. The molecule has 0 spiro atoms. The molecule has 1 fully saturated rings. The van der Waals surface area contributed by atoms with Crippen LogP contribution in [0.15, 0.2) is 0 Å². The standard InChI is InChI=1S/C11H18N4O3/c1-7(2)14-11(12-9-4-5-18-6-9)10(15(16)17)8(3)13-14/h7,9,12H,4-6H2,1-3H3. The van der Waals surface area contributed by atoms with Crippen LogP contribution < -0.4 is 5.32 Å². The summed E-state index contributed by atoms with van der Waals surface area (Å²) in [7, 11) is 0. The molecule has 1 saturated heterocycles. The zero-order chi connectivity index (χ0) is 13.3. The van der Waals surface area contributed by atoms with Gasteiger partial charge in [0.25, 0.3) is 0 Å². The summed E-state index contributed by atoms with van der Waals surface area (Å²) in [4.78, 5) is 10.8. The van der Waals surface area contributed by atoms with E-state index < -0.39 is 0 Å². The van der Waals surface area contributed by atoms with Crippen LogP contribution in [0.4, 0.5) is 11.5 Å². The number of anilines is 1. The van der Waals surface area contributed by atoms with Crippen LogP contribution in [0, 0.1) is 17.0 Å². The van der Waals surface area contributed by atoms with Crippen LogP contribution in [-0.2, 0) is 4.74 Å². The van der Waals surface area contributed by atoms with Gasteiger partial charge < -0.3 is 10.1 Å². The molecule has 7 nitrogen and oxygen atoms in total. The Morgan fingerprint density at radius 3 is 2.83 bits per heavy atom. The van der Waals surface area contributed by atoms with E-state index in [1.807, 2.05) is 13.8 Å². The minimum absolute atomic E-state index is 0.0654. The number of aromatic nitrogens is 2. The van der Waals surface area contributed by atoms with Gasteiger partial charge in [-0.2, -0.15) is 5.10 Å². The molecule has 0 aromatic carbocycles. The zero-order valence-corrected chi connectivity index (χ0v) is 10.8. The number of hydrogen-bond donors (Lipinski definition) is 1. The molecular weight excluding hydrogens is 236 g/mol. The number of ether oxygens (including phenoxy) is 1. The van der Waals surface area contributed by atoms with Crippen molar-refractivity contribution in [3.63, 3.8) is 0 Å². The number of rotatable bonds is 4. The van der Waals surface area contributed by atoms with Crippen molar-refractivity contribution in [2.45, 2.75) is 39.3 Å². The molecule has 0 aliphatic carbocycles. The first-order chi connectivity index (χ1) is 8.50. The van der Waals surface area contributed by atoms with Crippen molar-refractivity contribution >= 4 is 11.5 Å². The Balaban J connectivity index is 2.36. The molecular formula is C11H18N4O3. The summed E-state index contributed by atoms with van der Waals surface area (Å²) in [5.74, 6) is 0.489. The molecule has 1 aromatic heterocycles. The predicted octanol–water partition coefficient (Wildman–Crippen LogP) is 1.88. The maximum absolute atomic E-state index is 11.1. The van der Waals surface area contributed by atoms with E-state index >= 15 is 0 Å². The average Bonchev–Trinajstić information content (AvgIpc) is 2.86. The smallest absolute Gasteiger partial charge is 0.333 e. The van der Waals surface area contributed by atoms with Crippen LogP contribution in [0.1, 0.15) is 32.0 Å². The Labute approximate surface area is 105 Å². The van der Waals surface area contributed by atoms with E-state index in [1.54, 1.807) is 11.6 Å². The van der Waals surface area contributed by atoms with E-state index in [0.29, 0.717) is 24.7 Å². The lowest BCUT2D eigenvalue weighted by atomic mass is 10.2. The zero-order valence-electron chi connectivity index (χ0n) is 10.8. The molecule has 0 saturated carbocycles. The van der Waals surface area contributed by atoms with Gasteiger partial charge in [0.05, 0.1) is 17.6 Å². The van der Waals surface area contributed by atoms with E-state index in [9.17, 15) is 10.1 Å². The number of aryl methyl sites for hydroxylation is 1. The average molecular weight is 254 g/mol. The number of nitrogens with one attached hydrogen (secondary N) is 1. The van der Waals surface area contributed by atoms with E-state index in [-0.39, 0.29) is 22.7 Å². The lowest BCUT2D eigenvalue weighted by Crippen LogP contribution is -2.22. The Hall–Kier alpha value is -1.63. The summed E-state index contributed by atoms with van der Waals surface area (Å²) < 4.78 is 6.95. The number of nitro groups is 1. The van der Waals surface area contributed by atoms with Crippen molar-refractivity contribution in [3.05, 3.63) is 15.8 Å². The molecule has 2 rings (SSSR count). The monoisotopic (exact) mass is 254 g/mol. The van der Waals surface area contributed by atoms with E-state index in [4.69, 9.17) is 4.74 Å². The Kier molecular flexibility index (Phi) is 3.51. The molecule has 0 bridgehead atoms. The minimum atomic E-state index is -0.376. The summed E-state index contributed by atoms with van der Waals surface area (Å²) in [6.07, 6.45) is 0.861. The van der Waals surface area contributed by atoms with Gasteiger partial charge in [0, 0.05) is 12.6 Å². The van der Waals surface area contributed by atoms with Crippen molar-refractivity contribution in [2.75, 3.05) is 18.5 Å². The van der Waals surface area contributed by atoms with Gasteiger partial charge in [-0.1, -0.05) is 0 Å². The first-order valence-corrected chi connectivity index (χ1v) is 6.08. The Morgan fingerprint density at radius 2 is 2.33 bits per heavy atom. The normalized spacial score (nSPS) is 19.4. The van der Waals surface area contributed by atoms with Gasteiger partial charge in [-0.3, -0.25) is 10.1 Å². The predicted molar refractivity (Wildman–Crippen MR) is 66.9 cm³/mol. The summed E-state index contributed by atoms with van der Waals surface area (Å²) in [5, 5.41) is 18.6. The van der Waals surface area contributed by atoms with Gasteiger partial charge in [-0.25, -0.2) is 4.68 Å². The summed E-state index contributed by atoms with van der Waals surface area (Å²) in [6.45, 7) is 6.84. The number of hydrogen-bond acceptors (Lipinski definition) is 5. The van der Waals surface area contributed by atoms with Crippen LogP contribution in [0.5, 0.6) is 0 Å². The molecule has 2 heterocycles. The van der Waals surface area contributed by atoms with Crippen molar-refractivity contribution in [1.82, 2.24) is 9.78 Å². The third kappa shape index (κ3) is 2.31. The highest BCUT2D eigenvalue weighted by Crippen LogP contribution is 2.31. The van der Waals surface area contributed by atoms with Gasteiger partial charge in [0.1, 0.15) is 5.69 Å². The molecule has 1 aromatic rings. The van der Waals surface area contributed by atoms with Crippen LogP contribution in [0.2, 0.25) is 0 Å². The van der Waals surface area contributed by atoms with E-state index in [2.05, 4.69) is 10.4 Å². The summed E-state index contributed by atoms with van der Waals surface area (Å²) >= 11 is 0. The maximum Gasteiger partial charge on any atom is 0.333 e. The van der Waals surface area contributed by atoms with Crippen molar-refractivity contribution in [1.29, 1.82) is 0 Å². The maximum atomic E-state index is 11.1. The summed E-state index contributed by atoms with van der Waals surface area (Å²) in [5.41, 5.74) is 0.505. The van der Waals surface area contributed by atoms with Crippen LogP contribution in [0.3, 0.4) is 0 Å². The molecule has 1 N–H and O–H groups in total. The highest BCUT2D eigenvalue weighted by Gasteiger charge is 2.29. The molecule has 1 aliphatic heterocycles. The van der Waals surface area contributed by atoms with Gasteiger partial charge in [0.2, 0.25) is 5.82 Å². The van der Waals surface area contributed by atoms with Crippen molar-refractivity contribution in [2.24, 2.45) is 0 Å². The molecule has 1 unspecified atom stereocenters. The van der Waals surface area contributed by atoms with Gasteiger partial charge in [-0.05, 0) is 27.2 Å². The van der Waals surface area contributed by atoms with Crippen LogP contribution in [0.25, 0.3) is 0 Å². The molecule has 0 radical (unpaired) electrons. The SMILES string of the molecule is Cc1nn(C(C)C)c(NC2CCOC2)c1[N+](=O)[O-]. The first-order valence-electron chi connectivity index (χ1n) is 6.08. The fourth-order valence-electron chi connectivity index (χ4n) is 2.11. The van der Waals surface area contributed by atoms with E-state index in [0.717, 1.165) is 6.42 Å². The van der Waals surface area contributed by atoms with Crippen LogP contribution >= 0.6 is 0 Å². The highest BCUT2D eigenvalue weighted by molar-refractivity contribution is 5.60. The second kappa shape index (κ2) is 4.93. The molecule has 7 heteroatoms. The lowest BCUT2D eigenvalue weighted by Gasteiger charge is -2.15. The third-order valence-electron chi connectivity index (χ3n) is 3.00. The topological polar surface area (TPSA) is 82.2 Å². The second-order valence-corrected chi connectivity index (χ2v) is 4.78. The first kappa shape index (κ1) is 12.8. The van der Waals surface area contributed by atoms with Crippen molar-refractivity contribution < 1.29 is 9.66 Å². The van der Waals surface area contributed by atoms with Crippen LogP contribution in [-0.4, -0.2) is 34.0 Å². The van der Waals surface area contributed by atoms with Gasteiger partial charge in [-0.15, -0.1) is 0 Å². The minimum Gasteiger partial charge on any atom is -0.379 e. The Morgan fingerprint density at radius 1 is 1.61 bits per heavy atom. The fraction of sp³-hybridized carbons (Fsp3) is 0.727. The lowest BCUT2D eigenvalue weighted by molar-refractivity contribution is -0.384. The number of nitrogens with zero attached hydrogens (tertiary/aromatic N) is 3. The molecule has 18 heavy (non-hydrogen) atoms. The van der Waals surface area contributed by atoms with Crippen molar-refractivity contribution in [3.8, 4) is 0 Å². The summed E-state index contributed by atoms with van der Waals surface area (Å²) in [6, 6.07) is 0.194. The second-order valence-electron chi connectivity index (χ2n) is 4.78. The third-order valence-corrected chi connectivity index (χ3v) is 3.00. The quantitative estimate of drug-likeness (QED) is 0.655. The van der Waals surface area contributed by atoms with Gasteiger partial charge in [0.15, 0.2) is 0 Å². The highest BCUT2D eigenvalue weighted by atomic mass is 16.6. The molecule has 1 aliphatic rings.